The summed E-state index contributed by atoms with van der Waals surface area (Å²) in [5.41, 5.74) is 0.184. The van der Waals surface area contributed by atoms with Gasteiger partial charge in [-0.2, -0.15) is 5.10 Å². The number of amides is 1. The van der Waals surface area contributed by atoms with Gasteiger partial charge in [-0.25, -0.2) is 19.3 Å². The van der Waals surface area contributed by atoms with Crippen LogP contribution in [0.4, 0.5) is 5.82 Å². The number of fused-ring (bicyclic) bond motifs is 1. The van der Waals surface area contributed by atoms with Crippen LogP contribution in [0.15, 0.2) is 17.2 Å². The summed E-state index contributed by atoms with van der Waals surface area (Å²) >= 11 is 0. The molecule has 2 aromatic rings. The fraction of sp³-hybridized carbons (Fsp3) is 0.538. The van der Waals surface area contributed by atoms with E-state index in [-0.39, 0.29) is 11.6 Å². The number of nitrogens with one attached hydrogen (secondary N) is 2. The Morgan fingerprint density at radius 1 is 1.33 bits per heavy atom. The first-order valence-corrected chi connectivity index (χ1v) is 7.18. The van der Waals surface area contributed by atoms with Crippen molar-refractivity contribution >= 4 is 17.4 Å². The van der Waals surface area contributed by atoms with E-state index in [0.717, 1.165) is 25.9 Å². The number of likely N-dealkylation sites (tertiary alicyclic amines) is 1. The molecule has 0 unspecified atom stereocenters. The van der Waals surface area contributed by atoms with Crippen LogP contribution in [0.5, 0.6) is 0 Å². The molecule has 0 atom stereocenters. The monoisotopic (exact) mass is 290 g/mol. The molecule has 0 spiro atoms. The lowest BCUT2D eigenvalue weighted by molar-refractivity contribution is -0.131. The van der Waals surface area contributed by atoms with E-state index in [4.69, 9.17) is 0 Å². The number of carbonyl (C=O) groups excluding carboxylic acids is 1. The molecule has 1 fully saturated rings. The lowest BCUT2D eigenvalue weighted by Gasteiger charge is -2.26. The number of aromatic amines is 1. The maximum absolute atomic E-state index is 12.0. The van der Waals surface area contributed by atoms with Crippen molar-refractivity contribution in [2.24, 2.45) is 0 Å². The van der Waals surface area contributed by atoms with Gasteiger partial charge in [0.15, 0.2) is 5.65 Å². The van der Waals surface area contributed by atoms with E-state index in [1.165, 1.54) is 17.1 Å². The van der Waals surface area contributed by atoms with Crippen molar-refractivity contribution in [2.45, 2.75) is 25.7 Å². The Hall–Kier alpha value is -2.38. The summed E-state index contributed by atoms with van der Waals surface area (Å²) in [5.74, 6) is 0.784. The van der Waals surface area contributed by atoms with Gasteiger partial charge in [0.2, 0.25) is 5.91 Å². The Kier molecular flexibility index (Phi) is 3.85. The van der Waals surface area contributed by atoms with Crippen LogP contribution in [-0.4, -0.2) is 50.0 Å². The lowest BCUT2D eigenvalue weighted by Crippen LogP contribution is -2.36. The molecule has 3 rings (SSSR count). The van der Waals surface area contributed by atoms with Crippen molar-refractivity contribution in [1.29, 1.82) is 0 Å². The van der Waals surface area contributed by atoms with Gasteiger partial charge in [0.1, 0.15) is 12.1 Å². The van der Waals surface area contributed by atoms with Crippen LogP contribution in [0.3, 0.4) is 0 Å². The van der Waals surface area contributed by atoms with Gasteiger partial charge < -0.3 is 10.2 Å². The first-order valence-electron chi connectivity index (χ1n) is 7.18. The van der Waals surface area contributed by atoms with Crippen molar-refractivity contribution in [3.8, 4) is 0 Å². The van der Waals surface area contributed by atoms with E-state index in [1.54, 1.807) is 6.07 Å². The minimum atomic E-state index is -0.315. The topological polar surface area (TPSA) is 95.4 Å². The second-order valence-electron chi connectivity index (χ2n) is 5.15. The highest BCUT2D eigenvalue weighted by atomic mass is 16.2. The van der Waals surface area contributed by atoms with Crippen LogP contribution in [0.25, 0.3) is 5.65 Å². The molecule has 1 aliphatic heterocycles. The third-order valence-electron chi connectivity index (χ3n) is 3.66. The highest BCUT2D eigenvalue weighted by Crippen LogP contribution is 2.10. The first kappa shape index (κ1) is 13.6. The van der Waals surface area contributed by atoms with Crippen LogP contribution < -0.4 is 11.0 Å². The third-order valence-corrected chi connectivity index (χ3v) is 3.66. The van der Waals surface area contributed by atoms with Gasteiger partial charge >= 0.3 is 5.69 Å². The lowest BCUT2D eigenvalue weighted by atomic mass is 10.1. The van der Waals surface area contributed by atoms with E-state index in [2.05, 4.69) is 20.5 Å². The molecule has 0 aromatic carbocycles. The molecule has 1 amide bonds. The maximum Gasteiger partial charge on any atom is 0.348 e. The molecule has 0 saturated carbocycles. The van der Waals surface area contributed by atoms with Crippen LogP contribution in [0.2, 0.25) is 0 Å². The number of H-pyrrole nitrogens is 1. The SMILES string of the molecule is O=C(CCNc1cc2n[nH]c(=O)n2cn1)N1CCCCC1. The fourth-order valence-electron chi connectivity index (χ4n) is 2.51. The van der Waals surface area contributed by atoms with Crippen LogP contribution >= 0.6 is 0 Å². The minimum Gasteiger partial charge on any atom is -0.369 e. The molecule has 21 heavy (non-hydrogen) atoms. The van der Waals surface area contributed by atoms with Gasteiger partial charge in [-0.1, -0.05) is 0 Å². The molecule has 1 aliphatic rings. The van der Waals surface area contributed by atoms with Gasteiger partial charge in [-0.3, -0.25) is 4.79 Å². The Labute approximate surface area is 121 Å². The Bertz CT molecular complexity index is 685. The number of nitrogens with zero attached hydrogens (tertiary/aromatic N) is 4. The van der Waals surface area contributed by atoms with Gasteiger partial charge in [-0.15, -0.1) is 0 Å². The molecule has 8 nitrogen and oxygen atoms in total. The van der Waals surface area contributed by atoms with E-state index in [9.17, 15) is 9.59 Å². The second-order valence-corrected chi connectivity index (χ2v) is 5.15. The van der Waals surface area contributed by atoms with Gasteiger partial charge in [-0.05, 0) is 19.3 Å². The Morgan fingerprint density at radius 2 is 2.14 bits per heavy atom. The summed E-state index contributed by atoms with van der Waals surface area (Å²) in [7, 11) is 0. The number of hydrogen-bond donors (Lipinski definition) is 2. The third kappa shape index (κ3) is 3.04. The molecule has 2 N–H and O–H groups in total. The zero-order valence-corrected chi connectivity index (χ0v) is 11.7. The Balaban J connectivity index is 1.54. The summed E-state index contributed by atoms with van der Waals surface area (Å²) in [6, 6.07) is 1.67. The Morgan fingerprint density at radius 3 is 2.95 bits per heavy atom. The minimum absolute atomic E-state index is 0.180. The molecular formula is C13H18N6O2. The number of hydrogen-bond acceptors (Lipinski definition) is 5. The number of anilines is 1. The van der Waals surface area contributed by atoms with Crippen LogP contribution in [0.1, 0.15) is 25.7 Å². The summed E-state index contributed by atoms with van der Waals surface area (Å²) in [4.78, 5) is 29.4. The van der Waals surface area contributed by atoms with Gasteiger partial charge in [0.05, 0.1) is 0 Å². The molecule has 8 heteroatoms. The van der Waals surface area contributed by atoms with Crippen molar-refractivity contribution < 1.29 is 4.79 Å². The van der Waals surface area contributed by atoms with Crippen LogP contribution in [0, 0.1) is 0 Å². The van der Waals surface area contributed by atoms with Crippen molar-refractivity contribution in [3.05, 3.63) is 22.9 Å². The normalized spacial score (nSPS) is 15.3. The highest BCUT2D eigenvalue weighted by molar-refractivity contribution is 5.76. The van der Waals surface area contributed by atoms with E-state index in [1.807, 2.05) is 4.90 Å². The van der Waals surface area contributed by atoms with Crippen molar-refractivity contribution in [1.82, 2.24) is 24.5 Å². The van der Waals surface area contributed by atoms with Crippen LogP contribution in [-0.2, 0) is 4.79 Å². The molecule has 1 saturated heterocycles. The molecule has 2 aromatic heterocycles. The van der Waals surface area contributed by atoms with E-state index in [0.29, 0.717) is 24.4 Å². The molecule has 112 valence electrons. The predicted molar refractivity (Wildman–Crippen MR) is 77.1 cm³/mol. The van der Waals surface area contributed by atoms with Crippen molar-refractivity contribution in [3.63, 3.8) is 0 Å². The summed E-state index contributed by atoms with van der Waals surface area (Å²) in [6.45, 7) is 2.27. The fourth-order valence-corrected chi connectivity index (χ4v) is 2.51. The van der Waals surface area contributed by atoms with Gasteiger partial charge in [0, 0.05) is 32.1 Å². The highest BCUT2D eigenvalue weighted by Gasteiger charge is 2.15. The first-order chi connectivity index (χ1) is 10.2. The average molecular weight is 290 g/mol. The molecule has 0 bridgehead atoms. The second kappa shape index (κ2) is 5.94. The number of aromatic nitrogens is 4. The number of piperidine rings is 1. The standard InChI is InChI=1S/C13H18N6O2/c20-12(18-6-2-1-3-7-18)4-5-14-10-8-11-16-17-13(21)19(11)9-15-10/h8-9,14H,1-7H2,(H,17,21). The zero-order chi connectivity index (χ0) is 14.7. The smallest absolute Gasteiger partial charge is 0.348 e. The zero-order valence-electron chi connectivity index (χ0n) is 11.7. The number of carbonyl (C=O) groups is 1. The number of rotatable bonds is 4. The summed E-state index contributed by atoms with van der Waals surface area (Å²) in [6.07, 6.45) is 5.28. The molecule has 3 heterocycles. The van der Waals surface area contributed by atoms with Crippen molar-refractivity contribution in [2.75, 3.05) is 25.0 Å². The van der Waals surface area contributed by atoms with E-state index >= 15 is 0 Å². The van der Waals surface area contributed by atoms with E-state index < -0.39 is 0 Å². The maximum atomic E-state index is 12.0. The molecule has 0 aliphatic carbocycles. The molecule has 0 radical (unpaired) electrons. The molecular weight excluding hydrogens is 272 g/mol. The quantitative estimate of drug-likeness (QED) is 0.840. The predicted octanol–water partition coefficient (Wildman–Crippen LogP) is 0.232. The average Bonchev–Trinajstić information content (AvgIpc) is 2.89. The van der Waals surface area contributed by atoms with Gasteiger partial charge in [0.25, 0.3) is 0 Å². The summed E-state index contributed by atoms with van der Waals surface area (Å²) in [5, 5.41) is 9.30. The largest absolute Gasteiger partial charge is 0.369 e. The summed E-state index contributed by atoms with van der Waals surface area (Å²) < 4.78 is 1.32.